The van der Waals surface area contributed by atoms with Crippen LogP contribution in [0.15, 0.2) is 18.3 Å². The largest absolute Gasteiger partial charge is 0.481 e. The first-order valence-corrected chi connectivity index (χ1v) is 11.8. The summed E-state index contributed by atoms with van der Waals surface area (Å²) in [6.45, 7) is -0.122. The fourth-order valence-corrected chi connectivity index (χ4v) is 4.98. The van der Waals surface area contributed by atoms with E-state index in [0.29, 0.717) is 30.4 Å². The highest BCUT2D eigenvalue weighted by molar-refractivity contribution is 5.94. The van der Waals surface area contributed by atoms with Crippen LogP contribution in [0.3, 0.4) is 0 Å². The standard InChI is InChI=1S/C23H24F4N8O3/c1-34-19(23(25,26)27)17(32-33-34)11-29-20(36)12-3-6-35(22(9-12)4-5-22)21(37)16-8-15(30-31-16)13-7-18(38-2)28-10-14(13)24/h7-8,10,12H,3-6,9,11H2,1-2H3,(H,29,36)(H,30,31)/t12-/m0/s1. The number of piperidine rings is 1. The molecule has 2 N–H and O–H groups in total. The van der Waals surface area contributed by atoms with Crippen molar-refractivity contribution in [1.82, 2.24) is 40.4 Å². The number of rotatable bonds is 6. The maximum atomic E-state index is 14.3. The summed E-state index contributed by atoms with van der Waals surface area (Å²) in [4.78, 5) is 31.6. The number of carbonyl (C=O) groups excluding carboxylic acids is 2. The van der Waals surface area contributed by atoms with E-state index in [1.165, 1.54) is 19.2 Å². The fraction of sp³-hybridized carbons (Fsp3) is 0.478. The van der Waals surface area contributed by atoms with Crippen LogP contribution in [-0.2, 0) is 24.6 Å². The van der Waals surface area contributed by atoms with E-state index in [2.05, 4.69) is 30.8 Å². The molecule has 4 heterocycles. The average Bonchev–Trinajstić information content (AvgIpc) is 3.27. The van der Waals surface area contributed by atoms with Crippen molar-refractivity contribution in [3.05, 3.63) is 41.2 Å². The second-order valence-electron chi connectivity index (χ2n) is 9.47. The van der Waals surface area contributed by atoms with Gasteiger partial charge in [0.25, 0.3) is 5.91 Å². The smallest absolute Gasteiger partial charge is 0.434 e. The Labute approximate surface area is 213 Å². The summed E-state index contributed by atoms with van der Waals surface area (Å²) in [7, 11) is 2.54. The van der Waals surface area contributed by atoms with Gasteiger partial charge in [0, 0.05) is 36.7 Å². The fourth-order valence-electron chi connectivity index (χ4n) is 4.98. The number of aryl methyl sites for hydroxylation is 1. The second kappa shape index (κ2) is 9.36. The summed E-state index contributed by atoms with van der Waals surface area (Å²) in [6, 6.07) is 2.83. The van der Waals surface area contributed by atoms with Crippen LogP contribution in [0.25, 0.3) is 11.3 Å². The third-order valence-electron chi connectivity index (χ3n) is 7.06. The van der Waals surface area contributed by atoms with Gasteiger partial charge in [0.1, 0.15) is 11.4 Å². The number of halogens is 4. The summed E-state index contributed by atoms with van der Waals surface area (Å²) in [6.07, 6.45) is -1.53. The molecule has 3 aromatic heterocycles. The van der Waals surface area contributed by atoms with E-state index in [0.717, 1.165) is 13.2 Å². The minimum atomic E-state index is -4.65. The van der Waals surface area contributed by atoms with Crippen LogP contribution in [0.1, 0.15) is 47.6 Å². The Morgan fingerprint density at radius 3 is 2.74 bits per heavy atom. The lowest BCUT2D eigenvalue weighted by Gasteiger charge is -2.39. The number of methoxy groups -OCH3 is 1. The molecule has 0 radical (unpaired) electrons. The number of aromatic nitrogens is 6. The Hall–Kier alpha value is -4.04. The van der Waals surface area contributed by atoms with Crippen LogP contribution in [0, 0.1) is 11.7 Å². The van der Waals surface area contributed by atoms with Crippen molar-refractivity contribution in [3.8, 4) is 17.1 Å². The van der Waals surface area contributed by atoms with Gasteiger partial charge in [-0.3, -0.25) is 14.7 Å². The molecule has 0 unspecified atom stereocenters. The number of nitrogens with zero attached hydrogens (tertiary/aromatic N) is 6. The van der Waals surface area contributed by atoms with E-state index >= 15 is 0 Å². The van der Waals surface area contributed by atoms with Crippen molar-refractivity contribution in [1.29, 1.82) is 0 Å². The molecule has 5 rings (SSSR count). The lowest BCUT2D eigenvalue weighted by Crippen LogP contribution is -2.50. The minimum absolute atomic E-state index is 0.125. The zero-order valence-corrected chi connectivity index (χ0v) is 20.5. The van der Waals surface area contributed by atoms with E-state index in [-0.39, 0.29) is 41.0 Å². The molecule has 1 saturated heterocycles. The highest BCUT2D eigenvalue weighted by atomic mass is 19.4. The van der Waals surface area contributed by atoms with Crippen LogP contribution >= 0.6 is 0 Å². The Balaban J connectivity index is 1.24. The number of hydrogen-bond acceptors (Lipinski definition) is 7. The molecule has 1 aliphatic heterocycles. The number of likely N-dealkylation sites (tertiary alicyclic amines) is 1. The maximum Gasteiger partial charge on any atom is 0.434 e. The van der Waals surface area contributed by atoms with Gasteiger partial charge in [-0.15, -0.1) is 5.10 Å². The van der Waals surface area contributed by atoms with Gasteiger partial charge in [0.2, 0.25) is 11.8 Å². The molecule has 1 saturated carbocycles. The monoisotopic (exact) mass is 536 g/mol. The SMILES string of the molecule is COc1cc(-c2cc(C(=O)N3CC[C@H](C(=O)NCc4nnn(C)c4C(F)(F)F)CC34CC4)[nH]n2)c(F)cn1. The number of nitrogens with one attached hydrogen (secondary N) is 2. The predicted molar refractivity (Wildman–Crippen MR) is 122 cm³/mol. The van der Waals surface area contributed by atoms with Gasteiger partial charge in [0.05, 0.1) is 25.5 Å². The van der Waals surface area contributed by atoms with Crippen molar-refractivity contribution in [2.75, 3.05) is 13.7 Å². The Kier molecular flexibility index (Phi) is 6.31. The second-order valence-corrected chi connectivity index (χ2v) is 9.47. The molecule has 38 heavy (non-hydrogen) atoms. The van der Waals surface area contributed by atoms with E-state index in [1.54, 1.807) is 4.90 Å². The van der Waals surface area contributed by atoms with Crippen molar-refractivity contribution >= 4 is 11.8 Å². The number of alkyl halides is 3. The number of ether oxygens (including phenoxy) is 1. The Bertz CT molecular complexity index is 1380. The molecule has 0 aromatic carbocycles. The summed E-state index contributed by atoms with van der Waals surface area (Å²) in [5, 5.41) is 16.2. The van der Waals surface area contributed by atoms with Crippen LogP contribution in [0.2, 0.25) is 0 Å². The molecule has 2 fully saturated rings. The van der Waals surface area contributed by atoms with Crippen LogP contribution in [0.4, 0.5) is 17.6 Å². The topological polar surface area (TPSA) is 131 Å². The molecule has 1 aliphatic carbocycles. The van der Waals surface area contributed by atoms with Gasteiger partial charge in [-0.05, 0) is 31.7 Å². The van der Waals surface area contributed by atoms with E-state index in [9.17, 15) is 27.2 Å². The molecule has 1 spiro atoms. The Morgan fingerprint density at radius 2 is 2.05 bits per heavy atom. The number of pyridine rings is 1. The van der Waals surface area contributed by atoms with Crippen LogP contribution in [0.5, 0.6) is 5.88 Å². The van der Waals surface area contributed by atoms with Crippen molar-refractivity contribution in [2.24, 2.45) is 13.0 Å². The third kappa shape index (κ3) is 4.67. The predicted octanol–water partition coefficient (Wildman–Crippen LogP) is 2.47. The first-order valence-electron chi connectivity index (χ1n) is 11.8. The number of carbonyl (C=O) groups is 2. The van der Waals surface area contributed by atoms with Gasteiger partial charge in [0.15, 0.2) is 11.5 Å². The minimum Gasteiger partial charge on any atom is -0.481 e. The van der Waals surface area contributed by atoms with Crippen molar-refractivity contribution in [2.45, 2.75) is 43.9 Å². The van der Waals surface area contributed by atoms with Crippen LogP contribution < -0.4 is 10.1 Å². The van der Waals surface area contributed by atoms with Gasteiger partial charge in [-0.1, -0.05) is 5.21 Å². The highest BCUT2D eigenvalue weighted by Crippen LogP contribution is 2.50. The average molecular weight is 536 g/mol. The van der Waals surface area contributed by atoms with Crippen molar-refractivity contribution in [3.63, 3.8) is 0 Å². The quantitative estimate of drug-likeness (QED) is 0.463. The molecular weight excluding hydrogens is 512 g/mol. The summed E-state index contributed by atoms with van der Waals surface area (Å²) >= 11 is 0. The molecule has 11 nitrogen and oxygen atoms in total. The molecular formula is C23H24F4N8O3. The summed E-state index contributed by atoms with van der Waals surface area (Å²) in [5.41, 5.74) is -1.38. The molecule has 2 amide bonds. The van der Waals surface area contributed by atoms with E-state index in [4.69, 9.17) is 4.74 Å². The lowest BCUT2D eigenvalue weighted by atomic mass is 9.88. The van der Waals surface area contributed by atoms with Gasteiger partial charge >= 0.3 is 6.18 Å². The molecule has 202 valence electrons. The van der Waals surface area contributed by atoms with Gasteiger partial charge in [-0.25, -0.2) is 14.1 Å². The summed E-state index contributed by atoms with van der Waals surface area (Å²) in [5.74, 6) is -1.61. The van der Waals surface area contributed by atoms with Gasteiger partial charge < -0.3 is 15.0 Å². The zero-order chi connectivity index (χ0) is 27.2. The van der Waals surface area contributed by atoms with E-state index in [1.807, 2.05) is 0 Å². The first kappa shape index (κ1) is 25.6. The number of aromatic amines is 1. The van der Waals surface area contributed by atoms with Gasteiger partial charge in [-0.2, -0.15) is 18.3 Å². The summed E-state index contributed by atoms with van der Waals surface area (Å²) < 4.78 is 59.7. The maximum absolute atomic E-state index is 14.3. The molecule has 15 heteroatoms. The number of hydrogen-bond donors (Lipinski definition) is 2. The normalized spacial score (nSPS) is 18.5. The molecule has 3 aromatic rings. The molecule has 0 bridgehead atoms. The van der Waals surface area contributed by atoms with Crippen LogP contribution in [-0.4, -0.2) is 66.1 Å². The van der Waals surface area contributed by atoms with E-state index < -0.39 is 41.6 Å². The number of H-pyrrole nitrogens is 1. The molecule has 1 atom stereocenters. The number of amides is 2. The first-order chi connectivity index (χ1) is 18.0. The lowest BCUT2D eigenvalue weighted by molar-refractivity contribution is -0.144. The van der Waals surface area contributed by atoms with Crippen molar-refractivity contribution < 1.29 is 31.9 Å². The highest BCUT2D eigenvalue weighted by Gasteiger charge is 2.54. The third-order valence-corrected chi connectivity index (χ3v) is 7.06. The zero-order valence-electron chi connectivity index (χ0n) is 20.5. The Morgan fingerprint density at radius 1 is 1.29 bits per heavy atom. The molecule has 2 aliphatic rings.